The molecule has 0 amide bonds. The highest BCUT2D eigenvalue weighted by Gasteiger charge is 2.03. The molecular formula is C9H4BrClIN. The van der Waals surface area contributed by atoms with Crippen molar-refractivity contribution in [2.24, 2.45) is 0 Å². The third-order valence-electron chi connectivity index (χ3n) is 1.72. The second kappa shape index (κ2) is 3.71. The summed E-state index contributed by atoms with van der Waals surface area (Å²) in [6.07, 6.45) is 0. The molecular weight excluding hydrogens is 364 g/mol. The van der Waals surface area contributed by atoms with E-state index in [9.17, 15) is 0 Å². The molecule has 0 saturated carbocycles. The van der Waals surface area contributed by atoms with E-state index < -0.39 is 0 Å². The van der Waals surface area contributed by atoms with Gasteiger partial charge in [-0.3, -0.25) is 0 Å². The first-order valence-electron chi connectivity index (χ1n) is 3.59. The Morgan fingerprint density at radius 2 is 2.00 bits per heavy atom. The lowest BCUT2D eigenvalue weighted by atomic mass is 10.2. The minimum absolute atomic E-state index is 0.746. The maximum atomic E-state index is 6.02. The predicted octanol–water partition coefficient (Wildman–Crippen LogP) is 4.26. The molecule has 0 N–H and O–H groups in total. The molecule has 0 aliphatic carbocycles. The van der Waals surface area contributed by atoms with E-state index in [0.29, 0.717) is 0 Å². The largest absolute Gasteiger partial charge is 0.240 e. The monoisotopic (exact) mass is 367 g/mol. The maximum Gasteiger partial charge on any atom is 0.106 e. The van der Waals surface area contributed by atoms with E-state index in [2.05, 4.69) is 43.5 Å². The number of nitrogens with zero attached hydrogens (tertiary/aromatic N) is 1. The predicted molar refractivity (Wildman–Crippen MR) is 67.2 cm³/mol. The van der Waals surface area contributed by atoms with Gasteiger partial charge in [-0.2, -0.15) is 0 Å². The van der Waals surface area contributed by atoms with E-state index in [-0.39, 0.29) is 0 Å². The van der Waals surface area contributed by atoms with Crippen molar-refractivity contribution in [2.45, 2.75) is 0 Å². The zero-order chi connectivity index (χ0) is 9.42. The molecule has 0 radical (unpaired) electrons. The van der Waals surface area contributed by atoms with Gasteiger partial charge in [0.2, 0.25) is 0 Å². The molecule has 0 spiro atoms. The molecule has 4 heteroatoms. The molecule has 0 aliphatic rings. The smallest absolute Gasteiger partial charge is 0.106 e. The molecule has 2 rings (SSSR count). The van der Waals surface area contributed by atoms with Crippen LogP contribution in [0.15, 0.2) is 28.9 Å². The van der Waals surface area contributed by atoms with Gasteiger partial charge >= 0.3 is 0 Å². The van der Waals surface area contributed by atoms with Crippen LogP contribution in [0.4, 0.5) is 0 Å². The molecule has 0 saturated heterocycles. The summed E-state index contributed by atoms with van der Waals surface area (Å²) in [5.41, 5.74) is 0.947. The van der Waals surface area contributed by atoms with Crippen molar-refractivity contribution < 1.29 is 0 Å². The third kappa shape index (κ3) is 1.82. The molecule has 0 bridgehead atoms. The van der Waals surface area contributed by atoms with Crippen molar-refractivity contribution in [3.63, 3.8) is 0 Å². The summed E-state index contributed by atoms with van der Waals surface area (Å²) in [6, 6.07) is 7.72. The van der Waals surface area contributed by atoms with Crippen LogP contribution in [0.2, 0.25) is 5.02 Å². The Hall–Kier alpha value is 0.130. The van der Waals surface area contributed by atoms with Crippen molar-refractivity contribution >= 4 is 61.0 Å². The number of hydrogen-bond acceptors (Lipinski definition) is 1. The summed E-state index contributed by atoms with van der Waals surface area (Å²) >= 11 is 11.6. The molecule has 13 heavy (non-hydrogen) atoms. The first-order valence-corrected chi connectivity index (χ1v) is 5.84. The van der Waals surface area contributed by atoms with Gasteiger partial charge < -0.3 is 0 Å². The third-order valence-corrected chi connectivity index (χ3v) is 3.36. The Balaban J connectivity index is 2.92. The van der Waals surface area contributed by atoms with Crippen molar-refractivity contribution in [1.29, 1.82) is 0 Å². The topological polar surface area (TPSA) is 12.9 Å². The highest BCUT2D eigenvalue weighted by Crippen LogP contribution is 2.27. The van der Waals surface area contributed by atoms with Crippen LogP contribution < -0.4 is 0 Å². The maximum absolute atomic E-state index is 6.02. The van der Waals surface area contributed by atoms with Gasteiger partial charge in [0.05, 0.1) is 10.5 Å². The highest BCUT2D eigenvalue weighted by molar-refractivity contribution is 14.1. The van der Waals surface area contributed by atoms with E-state index in [0.717, 1.165) is 24.1 Å². The average molecular weight is 368 g/mol. The van der Waals surface area contributed by atoms with E-state index in [1.54, 1.807) is 0 Å². The van der Waals surface area contributed by atoms with Gasteiger partial charge in [0.1, 0.15) is 4.60 Å². The summed E-state index contributed by atoms with van der Waals surface area (Å²) in [5, 5.41) is 1.74. The highest BCUT2D eigenvalue weighted by atomic mass is 127. The summed E-state index contributed by atoms with van der Waals surface area (Å²) in [6.45, 7) is 0. The molecule has 1 aromatic heterocycles. The van der Waals surface area contributed by atoms with Gasteiger partial charge in [-0.25, -0.2) is 4.98 Å². The molecule has 1 heterocycles. The number of benzene rings is 1. The Morgan fingerprint density at radius 1 is 1.23 bits per heavy atom. The van der Waals surface area contributed by atoms with Gasteiger partial charge in [-0.15, -0.1) is 0 Å². The van der Waals surface area contributed by atoms with Crippen LogP contribution in [-0.4, -0.2) is 4.98 Å². The van der Waals surface area contributed by atoms with Gasteiger partial charge in [0.25, 0.3) is 0 Å². The zero-order valence-corrected chi connectivity index (χ0v) is 10.9. The Morgan fingerprint density at radius 3 is 2.77 bits per heavy atom. The molecule has 0 unspecified atom stereocenters. The minimum Gasteiger partial charge on any atom is -0.240 e. The van der Waals surface area contributed by atoms with E-state index in [1.807, 2.05) is 24.3 Å². The molecule has 1 aromatic carbocycles. The normalized spacial score (nSPS) is 10.7. The molecule has 0 aliphatic heterocycles. The first kappa shape index (κ1) is 9.68. The zero-order valence-electron chi connectivity index (χ0n) is 6.39. The van der Waals surface area contributed by atoms with Crippen LogP contribution in [0, 0.1) is 3.57 Å². The number of pyridine rings is 1. The van der Waals surface area contributed by atoms with Crippen LogP contribution in [-0.2, 0) is 0 Å². The van der Waals surface area contributed by atoms with Crippen molar-refractivity contribution in [3.8, 4) is 0 Å². The lowest BCUT2D eigenvalue weighted by Crippen LogP contribution is -1.84. The van der Waals surface area contributed by atoms with Crippen LogP contribution in [0.5, 0.6) is 0 Å². The van der Waals surface area contributed by atoms with Crippen molar-refractivity contribution in [2.75, 3.05) is 0 Å². The second-order valence-corrected chi connectivity index (χ2v) is 4.94. The fraction of sp³-hybridized carbons (Fsp3) is 0. The number of halogens is 3. The van der Waals surface area contributed by atoms with Gasteiger partial charge in [-0.05, 0) is 62.8 Å². The first-order chi connectivity index (χ1) is 6.18. The number of hydrogen-bond donors (Lipinski definition) is 0. The number of fused-ring (bicyclic) bond motifs is 1. The average Bonchev–Trinajstić information content (AvgIpc) is 2.12. The van der Waals surface area contributed by atoms with Crippen LogP contribution in [0.3, 0.4) is 0 Å². The van der Waals surface area contributed by atoms with E-state index in [1.165, 1.54) is 0 Å². The Kier molecular flexibility index (Phi) is 2.76. The Bertz CT molecular complexity index is 472. The van der Waals surface area contributed by atoms with E-state index in [4.69, 9.17) is 11.6 Å². The summed E-state index contributed by atoms with van der Waals surface area (Å²) in [4.78, 5) is 4.36. The quantitative estimate of drug-likeness (QED) is 0.500. The lowest BCUT2D eigenvalue weighted by molar-refractivity contribution is 1.34. The van der Waals surface area contributed by atoms with Crippen LogP contribution in [0.25, 0.3) is 10.9 Å². The van der Waals surface area contributed by atoms with E-state index >= 15 is 0 Å². The van der Waals surface area contributed by atoms with Crippen LogP contribution in [0.1, 0.15) is 0 Å². The minimum atomic E-state index is 0.746. The Labute approximate surface area is 103 Å². The second-order valence-electron chi connectivity index (χ2n) is 2.56. The van der Waals surface area contributed by atoms with Gasteiger partial charge in [0, 0.05) is 8.96 Å². The SMILES string of the molecule is Clc1ccc(I)c2nc(Br)ccc12. The van der Waals surface area contributed by atoms with Crippen molar-refractivity contribution in [1.82, 2.24) is 4.98 Å². The lowest BCUT2D eigenvalue weighted by Gasteiger charge is -2.01. The number of aromatic nitrogens is 1. The summed E-state index contributed by atoms with van der Waals surface area (Å²) in [7, 11) is 0. The summed E-state index contributed by atoms with van der Waals surface area (Å²) in [5.74, 6) is 0. The fourth-order valence-electron chi connectivity index (χ4n) is 1.13. The molecule has 1 nitrogen and oxygen atoms in total. The van der Waals surface area contributed by atoms with Gasteiger partial charge in [-0.1, -0.05) is 11.6 Å². The molecule has 2 aromatic rings. The molecule has 66 valence electrons. The number of rotatable bonds is 0. The fourth-order valence-corrected chi connectivity index (χ4v) is 2.24. The summed E-state index contributed by atoms with van der Waals surface area (Å²) < 4.78 is 1.94. The standard InChI is InChI=1S/C9H4BrClIN/c10-8-4-1-5-6(11)2-3-7(12)9(5)13-8/h1-4H. The van der Waals surface area contributed by atoms with Gasteiger partial charge in [0.15, 0.2) is 0 Å². The molecule has 0 fully saturated rings. The van der Waals surface area contributed by atoms with Crippen LogP contribution >= 0.6 is 50.1 Å². The molecule has 0 atom stereocenters. The van der Waals surface area contributed by atoms with Crippen molar-refractivity contribution in [3.05, 3.63) is 37.5 Å².